The van der Waals surface area contributed by atoms with E-state index in [1.54, 1.807) is 11.3 Å². The van der Waals surface area contributed by atoms with E-state index in [0.717, 1.165) is 50.9 Å². The lowest BCUT2D eigenvalue weighted by molar-refractivity contribution is 0.122. The first-order valence-electron chi connectivity index (χ1n) is 5.64. The van der Waals surface area contributed by atoms with E-state index in [-0.39, 0.29) is 0 Å². The molecule has 0 amide bonds. The Bertz CT molecular complexity index is 375. The molecule has 0 aromatic carbocycles. The quantitative estimate of drug-likeness (QED) is 0.711. The average Bonchev–Trinajstić information content (AvgIpc) is 2.73. The van der Waals surface area contributed by atoms with Crippen LogP contribution in [0.2, 0.25) is 0 Å². The summed E-state index contributed by atoms with van der Waals surface area (Å²) in [6, 6.07) is 0. The Morgan fingerprint density at radius 2 is 2.06 bits per heavy atom. The van der Waals surface area contributed by atoms with Gasteiger partial charge >= 0.3 is 0 Å². The van der Waals surface area contributed by atoms with Crippen LogP contribution in [0.1, 0.15) is 10.6 Å². The van der Waals surface area contributed by atoms with Crippen LogP contribution in [0.15, 0.2) is 0 Å². The lowest BCUT2D eigenvalue weighted by Crippen LogP contribution is -2.36. The Morgan fingerprint density at radius 3 is 2.88 bits per heavy atom. The van der Waals surface area contributed by atoms with Crippen LogP contribution in [0, 0.1) is 0 Å². The molecule has 1 saturated heterocycles. The predicted molar refractivity (Wildman–Crippen MR) is 63.4 cm³/mol. The summed E-state index contributed by atoms with van der Waals surface area (Å²) in [5.74, 6) is 5.82. The Hall–Kier alpha value is -0.690. The van der Waals surface area contributed by atoms with Crippen LogP contribution < -0.4 is 10.7 Å². The number of hydrogen-bond acceptors (Lipinski definition) is 6. The van der Waals surface area contributed by atoms with Gasteiger partial charge in [0.25, 0.3) is 0 Å². The van der Waals surface area contributed by atoms with Gasteiger partial charge in [0.05, 0.1) is 18.9 Å². The van der Waals surface area contributed by atoms with Gasteiger partial charge < -0.3 is 9.64 Å². The Labute approximate surface area is 98.8 Å². The molecule has 1 aromatic heterocycles. The molecule has 2 N–H and O–H groups in total. The third-order valence-corrected chi connectivity index (χ3v) is 4.17. The van der Waals surface area contributed by atoms with Crippen LogP contribution in [0.3, 0.4) is 0 Å². The van der Waals surface area contributed by atoms with Crippen molar-refractivity contribution in [2.24, 2.45) is 5.84 Å². The van der Waals surface area contributed by atoms with E-state index in [1.807, 2.05) is 5.01 Å². The highest BCUT2D eigenvalue weighted by molar-refractivity contribution is 7.15. The molecule has 0 unspecified atom stereocenters. The van der Waals surface area contributed by atoms with E-state index >= 15 is 0 Å². The SMILES string of the molecule is NN1CCc2nc(N3CCOCC3)sc2C1. The van der Waals surface area contributed by atoms with Crippen molar-refractivity contribution >= 4 is 16.5 Å². The highest BCUT2D eigenvalue weighted by Crippen LogP contribution is 2.30. The molecule has 0 atom stereocenters. The van der Waals surface area contributed by atoms with Crippen LogP contribution >= 0.6 is 11.3 Å². The van der Waals surface area contributed by atoms with Crippen LogP contribution in [0.4, 0.5) is 5.13 Å². The second-order valence-corrected chi connectivity index (χ2v) is 5.25. The molecule has 1 aromatic rings. The topological polar surface area (TPSA) is 54.6 Å². The number of hydrazine groups is 1. The van der Waals surface area contributed by atoms with E-state index in [4.69, 9.17) is 15.6 Å². The molecule has 0 aliphatic carbocycles. The number of thiazole rings is 1. The van der Waals surface area contributed by atoms with E-state index in [1.165, 1.54) is 10.6 Å². The first-order valence-corrected chi connectivity index (χ1v) is 6.45. The van der Waals surface area contributed by atoms with Crippen LogP contribution in [0.25, 0.3) is 0 Å². The fourth-order valence-corrected chi connectivity index (χ4v) is 3.28. The summed E-state index contributed by atoms with van der Waals surface area (Å²) >= 11 is 1.78. The van der Waals surface area contributed by atoms with Crippen molar-refractivity contribution in [2.45, 2.75) is 13.0 Å². The molecule has 2 aliphatic heterocycles. The number of fused-ring (bicyclic) bond motifs is 1. The maximum atomic E-state index is 5.82. The summed E-state index contributed by atoms with van der Waals surface area (Å²) in [7, 11) is 0. The number of morpholine rings is 1. The van der Waals surface area contributed by atoms with Gasteiger partial charge in [0.1, 0.15) is 0 Å². The van der Waals surface area contributed by atoms with Crippen molar-refractivity contribution in [2.75, 3.05) is 37.7 Å². The fraction of sp³-hybridized carbons (Fsp3) is 0.700. The van der Waals surface area contributed by atoms with E-state index in [2.05, 4.69) is 4.90 Å². The molecule has 0 bridgehead atoms. The summed E-state index contributed by atoms with van der Waals surface area (Å²) in [6.45, 7) is 5.30. The van der Waals surface area contributed by atoms with Gasteiger partial charge in [-0.05, 0) is 0 Å². The van der Waals surface area contributed by atoms with Crippen molar-refractivity contribution in [1.82, 2.24) is 9.99 Å². The monoisotopic (exact) mass is 240 g/mol. The zero-order valence-corrected chi connectivity index (χ0v) is 10.0. The molecule has 88 valence electrons. The van der Waals surface area contributed by atoms with Crippen molar-refractivity contribution in [1.29, 1.82) is 0 Å². The molecule has 1 fully saturated rings. The minimum Gasteiger partial charge on any atom is -0.378 e. The van der Waals surface area contributed by atoms with Gasteiger partial charge in [-0.25, -0.2) is 9.99 Å². The maximum absolute atomic E-state index is 5.82. The normalized spacial score (nSPS) is 22.2. The number of anilines is 1. The molecule has 5 nitrogen and oxygen atoms in total. The second-order valence-electron chi connectivity index (χ2n) is 4.19. The van der Waals surface area contributed by atoms with Crippen molar-refractivity contribution < 1.29 is 4.74 Å². The van der Waals surface area contributed by atoms with Gasteiger partial charge in [-0.3, -0.25) is 5.84 Å². The van der Waals surface area contributed by atoms with Gasteiger partial charge in [0.15, 0.2) is 5.13 Å². The lowest BCUT2D eigenvalue weighted by Gasteiger charge is -2.26. The summed E-state index contributed by atoms with van der Waals surface area (Å²) in [6.07, 6.45) is 0.979. The predicted octanol–water partition coefficient (Wildman–Crippen LogP) is 0.212. The molecule has 0 saturated carbocycles. The smallest absolute Gasteiger partial charge is 0.185 e. The average molecular weight is 240 g/mol. The number of nitrogens with two attached hydrogens (primary N) is 1. The summed E-state index contributed by atoms with van der Waals surface area (Å²) in [4.78, 5) is 8.36. The van der Waals surface area contributed by atoms with Gasteiger partial charge in [-0.15, -0.1) is 11.3 Å². The fourth-order valence-electron chi connectivity index (χ4n) is 2.09. The molecular formula is C10H16N4OS. The number of ether oxygens (including phenoxy) is 1. The molecule has 3 heterocycles. The van der Waals surface area contributed by atoms with Gasteiger partial charge in [-0.2, -0.15) is 0 Å². The minimum absolute atomic E-state index is 0.813. The zero-order chi connectivity index (χ0) is 11.0. The second kappa shape index (κ2) is 4.29. The molecule has 6 heteroatoms. The first-order chi connectivity index (χ1) is 7.83. The van der Waals surface area contributed by atoms with Gasteiger partial charge in [0.2, 0.25) is 0 Å². The number of aromatic nitrogens is 1. The minimum atomic E-state index is 0.813. The van der Waals surface area contributed by atoms with Crippen LogP contribution in [-0.4, -0.2) is 42.8 Å². The lowest BCUT2D eigenvalue weighted by atomic mass is 10.2. The summed E-state index contributed by atoms with van der Waals surface area (Å²) in [5.41, 5.74) is 1.24. The summed E-state index contributed by atoms with van der Waals surface area (Å²) < 4.78 is 5.35. The number of nitrogens with zero attached hydrogens (tertiary/aromatic N) is 3. The van der Waals surface area contributed by atoms with Crippen molar-refractivity contribution in [3.8, 4) is 0 Å². The Balaban J connectivity index is 1.80. The molecule has 3 rings (SSSR count). The van der Waals surface area contributed by atoms with Gasteiger partial charge in [-0.1, -0.05) is 0 Å². The third-order valence-electron chi connectivity index (χ3n) is 3.03. The largest absolute Gasteiger partial charge is 0.378 e. The van der Waals surface area contributed by atoms with E-state index in [9.17, 15) is 0 Å². The van der Waals surface area contributed by atoms with Crippen molar-refractivity contribution in [3.05, 3.63) is 10.6 Å². The molecule has 16 heavy (non-hydrogen) atoms. The van der Waals surface area contributed by atoms with Gasteiger partial charge in [0, 0.05) is 37.5 Å². The third kappa shape index (κ3) is 1.93. The highest BCUT2D eigenvalue weighted by Gasteiger charge is 2.22. The molecule has 0 spiro atoms. The van der Waals surface area contributed by atoms with Crippen LogP contribution in [0.5, 0.6) is 0 Å². The van der Waals surface area contributed by atoms with E-state index < -0.39 is 0 Å². The molecular weight excluding hydrogens is 224 g/mol. The van der Waals surface area contributed by atoms with Crippen molar-refractivity contribution in [3.63, 3.8) is 0 Å². The zero-order valence-electron chi connectivity index (χ0n) is 9.19. The highest BCUT2D eigenvalue weighted by atomic mass is 32.1. The molecule has 0 radical (unpaired) electrons. The Kier molecular flexibility index (Phi) is 2.81. The maximum Gasteiger partial charge on any atom is 0.185 e. The summed E-state index contributed by atoms with van der Waals surface area (Å²) in [5, 5.41) is 3.01. The molecule has 2 aliphatic rings. The van der Waals surface area contributed by atoms with E-state index in [0.29, 0.717) is 0 Å². The number of rotatable bonds is 1. The standard InChI is InChI=1S/C10H16N4OS/c11-14-2-1-8-9(7-14)16-10(12-8)13-3-5-15-6-4-13/h1-7,11H2. The first kappa shape index (κ1) is 10.5. The number of hydrogen-bond donors (Lipinski definition) is 1. The Morgan fingerprint density at radius 1 is 1.25 bits per heavy atom. The van der Waals surface area contributed by atoms with Crippen LogP contribution in [-0.2, 0) is 17.7 Å².